The maximum absolute atomic E-state index is 12.2. The van der Waals surface area contributed by atoms with Crippen molar-refractivity contribution in [3.05, 3.63) is 29.8 Å². The largest absolute Gasteiger partial charge is 0.392 e. The first-order chi connectivity index (χ1) is 8.40. The second-order valence-electron chi connectivity index (χ2n) is 4.66. The molecule has 0 saturated heterocycles. The average molecular weight is 284 g/mol. The van der Waals surface area contributed by atoms with E-state index >= 15 is 0 Å². The SMILES string of the molecule is Cc1cccc(S(=O)(=O)NC(C(N)=S)C2CC2)c1. The first kappa shape index (κ1) is 13.5. The van der Waals surface area contributed by atoms with Gasteiger partial charge in [-0.3, -0.25) is 0 Å². The first-order valence-corrected chi connectivity index (χ1v) is 7.67. The summed E-state index contributed by atoms with van der Waals surface area (Å²) < 4.78 is 27.0. The summed E-state index contributed by atoms with van der Waals surface area (Å²) in [5, 5.41) is 0. The van der Waals surface area contributed by atoms with Crippen LogP contribution in [0.5, 0.6) is 0 Å². The van der Waals surface area contributed by atoms with E-state index in [9.17, 15) is 8.42 Å². The monoisotopic (exact) mass is 284 g/mol. The summed E-state index contributed by atoms with van der Waals surface area (Å²) in [6, 6.07) is 6.34. The van der Waals surface area contributed by atoms with Gasteiger partial charge in [-0.15, -0.1) is 0 Å². The zero-order chi connectivity index (χ0) is 13.3. The van der Waals surface area contributed by atoms with E-state index in [1.165, 1.54) is 0 Å². The summed E-state index contributed by atoms with van der Waals surface area (Å²) in [4.78, 5) is 0.470. The Morgan fingerprint density at radius 2 is 2.17 bits per heavy atom. The van der Waals surface area contributed by atoms with E-state index in [4.69, 9.17) is 18.0 Å². The molecule has 1 aromatic rings. The van der Waals surface area contributed by atoms with Gasteiger partial charge in [-0.05, 0) is 43.4 Å². The highest BCUT2D eigenvalue weighted by Gasteiger charge is 2.36. The van der Waals surface area contributed by atoms with E-state index in [2.05, 4.69) is 4.72 Å². The third kappa shape index (κ3) is 3.07. The second-order valence-corrected chi connectivity index (χ2v) is 6.84. The summed E-state index contributed by atoms with van der Waals surface area (Å²) in [6.45, 7) is 1.85. The molecule has 0 aliphatic heterocycles. The summed E-state index contributed by atoms with van der Waals surface area (Å²) in [7, 11) is -3.55. The Kier molecular flexibility index (Phi) is 3.70. The van der Waals surface area contributed by atoms with Crippen molar-refractivity contribution < 1.29 is 8.42 Å². The van der Waals surface area contributed by atoms with Crippen molar-refractivity contribution >= 4 is 27.2 Å². The Morgan fingerprint density at radius 3 is 2.67 bits per heavy atom. The maximum Gasteiger partial charge on any atom is 0.241 e. The van der Waals surface area contributed by atoms with Gasteiger partial charge < -0.3 is 5.73 Å². The Bertz CT molecular complexity index is 565. The summed E-state index contributed by atoms with van der Waals surface area (Å²) in [6.07, 6.45) is 1.94. The number of hydrogen-bond donors (Lipinski definition) is 2. The summed E-state index contributed by atoms with van der Waals surface area (Å²) in [5.74, 6) is 0.252. The Balaban J connectivity index is 2.23. The smallest absolute Gasteiger partial charge is 0.241 e. The van der Waals surface area contributed by atoms with Crippen LogP contribution in [0.2, 0.25) is 0 Å². The number of sulfonamides is 1. The third-order valence-electron chi connectivity index (χ3n) is 2.98. The minimum Gasteiger partial charge on any atom is -0.392 e. The Hall–Kier alpha value is -0.980. The Morgan fingerprint density at radius 1 is 1.50 bits per heavy atom. The van der Waals surface area contributed by atoms with Crippen molar-refractivity contribution in [2.45, 2.75) is 30.7 Å². The van der Waals surface area contributed by atoms with Gasteiger partial charge in [0.1, 0.15) is 0 Å². The van der Waals surface area contributed by atoms with Crippen molar-refractivity contribution in [2.75, 3.05) is 0 Å². The van der Waals surface area contributed by atoms with Gasteiger partial charge in [0.25, 0.3) is 0 Å². The molecule has 1 saturated carbocycles. The van der Waals surface area contributed by atoms with E-state index < -0.39 is 16.1 Å². The molecular formula is C12H16N2O2S2. The number of benzene rings is 1. The maximum atomic E-state index is 12.2. The molecule has 18 heavy (non-hydrogen) atoms. The molecule has 6 heteroatoms. The van der Waals surface area contributed by atoms with Crippen LogP contribution in [0, 0.1) is 12.8 Å². The van der Waals surface area contributed by atoms with Crippen LogP contribution in [0.25, 0.3) is 0 Å². The quantitative estimate of drug-likeness (QED) is 0.800. The molecule has 1 fully saturated rings. The molecule has 1 atom stereocenters. The molecule has 0 heterocycles. The zero-order valence-corrected chi connectivity index (χ0v) is 11.7. The molecule has 3 N–H and O–H groups in total. The van der Waals surface area contributed by atoms with Crippen molar-refractivity contribution in [1.29, 1.82) is 0 Å². The highest BCUT2D eigenvalue weighted by Crippen LogP contribution is 2.33. The number of nitrogens with two attached hydrogens (primary N) is 1. The van der Waals surface area contributed by atoms with Crippen molar-refractivity contribution in [3.63, 3.8) is 0 Å². The molecule has 0 spiro atoms. The normalized spacial score (nSPS) is 17.4. The lowest BCUT2D eigenvalue weighted by Crippen LogP contribution is -2.44. The van der Waals surface area contributed by atoms with Crippen LogP contribution in [0.15, 0.2) is 29.2 Å². The number of hydrogen-bond acceptors (Lipinski definition) is 3. The van der Waals surface area contributed by atoms with Crippen LogP contribution >= 0.6 is 12.2 Å². The van der Waals surface area contributed by atoms with E-state index in [1.54, 1.807) is 18.2 Å². The van der Waals surface area contributed by atoms with Gasteiger partial charge in [0.2, 0.25) is 10.0 Å². The van der Waals surface area contributed by atoms with Gasteiger partial charge in [0.15, 0.2) is 0 Å². The van der Waals surface area contributed by atoms with Gasteiger partial charge >= 0.3 is 0 Å². The number of thiocarbonyl (C=S) groups is 1. The molecule has 4 nitrogen and oxygen atoms in total. The number of rotatable bonds is 5. The lowest BCUT2D eigenvalue weighted by molar-refractivity contribution is 0.565. The van der Waals surface area contributed by atoms with Crippen LogP contribution in [0.3, 0.4) is 0 Å². The molecule has 98 valence electrons. The summed E-state index contributed by atoms with van der Waals surface area (Å²) >= 11 is 4.93. The molecular weight excluding hydrogens is 268 g/mol. The molecule has 0 radical (unpaired) electrons. The van der Waals surface area contributed by atoms with Gasteiger partial charge in [-0.2, -0.15) is 0 Å². The third-order valence-corrected chi connectivity index (χ3v) is 4.67. The molecule has 0 amide bonds. The van der Waals surface area contributed by atoms with Crippen LogP contribution in [-0.4, -0.2) is 19.4 Å². The standard InChI is InChI=1S/C12H16N2O2S2/c1-8-3-2-4-10(7-8)18(15,16)14-11(12(13)17)9-5-6-9/h2-4,7,9,11,14H,5-6H2,1H3,(H2,13,17). The van der Waals surface area contributed by atoms with Crippen LogP contribution in [0.1, 0.15) is 18.4 Å². The van der Waals surface area contributed by atoms with E-state index in [0.29, 0.717) is 0 Å². The van der Waals surface area contributed by atoms with Gasteiger partial charge in [-0.25, -0.2) is 13.1 Å². The van der Waals surface area contributed by atoms with E-state index in [0.717, 1.165) is 18.4 Å². The lowest BCUT2D eigenvalue weighted by Gasteiger charge is -2.17. The predicted octanol–water partition coefficient (Wildman–Crippen LogP) is 1.34. The van der Waals surface area contributed by atoms with E-state index in [1.807, 2.05) is 13.0 Å². The highest BCUT2D eigenvalue weighted by molar-refractivity contribution is 7.89. The van der Waals surface area contributed by atoms with E-state index in [-0.39, 0.29) is 15.8 Å². The van der Waals surface area contributed by atoms with Crippen LogP contribution < -0.4 is 10.5 Å². The van der Waals surface area contributed by atoms with Crippen molar-refractivity contribution in [2.24, 2.45) is 11.7 Å². The number of nitrogens with one attached hydrogen (secondary N) is 1. The minimum atomic E-state index is -3.55. The van der Waals surface area contributed by atoms with Crippen molar-refractivity contribution in [1.82, 2.24) is 4.72 Å². The van der Waals surface area contributed by atoms with Gasteiger partial charge in [0, 0.05) is 0 Å². The van der Waals surface area contributed by atoms with Crippen LogP contribution in [-0.2, 0) is 10.0 Å². The van der Waals surface area contributed by atoms with Crippen LogP contribution in [0.4, 0.5) is 0 Å². The molecule has 1 unspecified atom stereocenters. The second kappa shape index (κ2) is 4.95. The minimum absolute atomic E-state index is 0.216. The fourth-order valence-electron chi connectivity index (χ4n) is 1.83. The molecule has 1 aromatic carbocycles. The molecule has 1 aliphatic rings. The number of aryl methyl sites for hydroxylation is 1. The summed E-state index contributed by atoms with van der Waals surface area (Å²) in [5.41, 5.74) is 6.50. The fraction of sp³-hybridized carbons (Fsp3) is 0.417. The molecule has 0 bridgehead atoms. The van der Waals surface area contributed by atoms with Crippen molar-refractivity contribution in [3.8, 4) is 0 Å². The van der Waals surface area contributed by atoms with Gasteiger partial charge in [-0.1, -0.05) is 24.4 Å². The predicted molar refractivity (Wildman–Crippen MR) is 74.8 cm³/mol. The molecule has 2 rings (SSSR count). The topological polar surface area (TPSA) is 72.2 Å². The van der Waals surface area contributed by atoms with Gasteiger partial charge in [0.05, 0.1) is 15.9 Å². The zero-order valence-electron chi connectivity index (χ0n) is 10.1. The molecule has 1 aliphatic carbocycles. The highest BCUT2D eigenvalue weighted by atomic mass is 32.2. The average Bonchev–Trinajstić information content (AvgIpc) is 3.09. The first-order valence-electron chi connectivity index (χ1n) is 5.78. The lowest BCUT2D eigenvalue weighted by atomic mass is 10.2. The Labute approximate surface area is 113 Å². The molecule has 0 aromatic heterocycles. The fourth-order valence-corrected chi connectivity index (χ4v) is 3.55.